The molecule has 0 saturated heterocycles. The summed E-state index contributed by atoms with van der Waals surface area (Å²) in [6.45, 7) is 0. The lowest BCUT2D eigenvalue weighted by Crippen LogP contribution is -2.12. The minimum absolute atomic E-state index is 0.118. The van der Waals surface area contributed by atoms with Gasteiger partial charge < -0.3 is 10.4 Å². The number of para-hydroxylation sites is 1. The van der Waals surface area contributed by atoms with Gasteiger partial charge in [0.1, 0.15) is 0 Å². The monoisotopic (exact) mass is 326 g/mol. The molecule has 1 heterocycles. The van der Waals surface area contributed by atoms with E-state index in [1.54, 1.807) is 23.5 Å². The van der Waals surface area contributed by atoms with Crippen LogP contribution in [0.25, 0.3) is 10.2 Å². The number of amides is 1. The van der Waals surface area contributed by atoms with Crippen LogP contribution in [0.1, 0.15) is 21.8 Å². The van der Waals surface area contributed by atoms with Crippen LogP contribution in [-0.2, 0) is 11.2 Å². The SMILES string of the molecule is O=C(CCc1nc2ccccc2s1)Nc1ccc(C(=O)O)cc1. The molecule has 0 aliphatic rings. The Morgan fingerprint density at radius 1 is 1.09 bits per heavy atom. The summed E-state index contributed by atoms with van der Waals surface area (Å²) in [5, 5.41) is 12.5. The first-order chi connectivity index (χ1) is 11.1. The molecule has 0 atom stereocenters. The third-order valence-corrected chi connectivity index (χ3v) is 4.42. The van der Waals surface area contributed by atoms with Gasteiger partial charge in [-0.25, -0.2) is 9.78 Å². The van der Waals surface area contributed by atoms with Crippen molar-refractivity contribution in [1.29, 1.82) is 0 Å². The Morgan fingerprint density at radius 2 is 1.83 bits per heavy atom. The predicted octanol–water partition coefficient (Wildman–Crippen LogP) is 3.57. The van der Waals surface area contributed by atoms with Gasteiger partial charge in [0.25, 0.3) is 0 Å². The lowest BCUT2D eigenvalue weighted by atomic mass is 10.2. The average Bonchev–Trinajstić information content (AvgIpc) is 2.96. The van der Waals surface area contributed by atoms with E-state index in [0.29, 0.717) is 18.5 Å². The van der Waals surface area contributed by atoms with E-state index in [0.717, 1.165) is 15.2 Å². The highest BCUT2D eigenvalue weighted by molar-refractivity contribution is 7.18. The molecule has 2 N–H and O–H groups in total. The van der Waals surface area contributed by atoms with Crippen molar-refractivity contribution < 1.29 is 14.7 Å². The van der Waals surface area contributed by atoms with Crippen molar-refractivity contribution in [3.8, 4) is 0 Å². The van der Waals surface area contributed by atoms with Crippen molar-refractivity contribution in [3.05, 3.63) is 59.1 Å². The summed E-state index contributed by atoms with van der Waals surface area (Å²) in [5.74, 6) is -1.11. The third kappa shape index (κ3) is 3.73. The van der Waals surface area contributed by atoms with Crippen LogP contribution in [0.4, 0.5) is 5.69 Å². The Balaban J connectivity index is 1.57. The number of nitrogens with one attached hydrogen (secondary N) is 1. The van der Waals surface area contributed by atoms with Gasteiger partial charge in [-0.1, -0.05) is 12.1 Å². The first-order valence-electron chi connectivity index (χ1n) is 7.09. The molecular formula is C17H14N2O3S. The first-order valence-corrected chi connectivity index (χ1v) is 7.91. The number of thiazole rings is 1. The van der Waals surface area contributed by atoms with Crippen LogP contribution < -0.4 is 5.32 Å². The summed E-state index contributed by atoms with van der Waals surface area (Å²) in [6, 6.07) is 14.0. The number of aromatic carboxylic acids is 1. The van der Waals surface area contributed by atoms with Crippen molar-refractivity contribution in [3.63, 3.8) is 0 Å². The van der Waals surface area contributed by atoms with Crippen molar-refractivity contribution in [2.24, 2.45) is 0 Å². The molecule has 0 aliphatic carbocycles. The number of anilines is 1. The number of aromatic nitrogens is 1. The number of carboxylic acid groups (broad SMARTS) is 1. The second-order valence-corrected chi connectivity index (χ2v) is 6.12. The summed E-state index contributed by atoms with van der Waals surface area (Å²) in [7, 11) is 0. The number of benzene rings is 2. The molecule has 116 valence electrons. The molecule has 5 nitrogen and oxygen atoms in total. The molecule has 23 heavy (non-hydrogen) atoms. The lowest BCUT2D eigenvalue weighted by Gasteiger charge is -2.04. The van der Waals surface area contributed by atoms with Gasteiger partial charge in [-0.3, -0.25) is 4.79 Å². The van der Waals surface area contributed by atoms with E-state index in [9.17, 15) is 9.59 Å². The number of carboxylic acids is 1. The summed E-state index contributed by atoms with van der Waals surface area (Å²) in [4.78, 5) is 27.2. The molecule has 1 aromatic heterocycles. The van der Waals surface area contributed by atoms with E-state index < -0.39 is 5.97 Å². The summed E-state index contributed by atoms with van der Waals surface area (Å²) in [6.07, 6.45) is 0.916. The Bertz CT molecular complexity index is 823. The molecule has 1 amide bonds. The highest BCUT2D eigenvalue weighted by Gasteiger charge is 2.08. The fourth-order valence-corrected chi connectivity index (χ4v) is 3.13. The van der Waals surface area contributed by atoms with Crippen LogP contribution in [0.5, 0.6) is 0 Å². The molecule has 3 rings (SSSR count). The quantitative estimate of drug-likeness (QED) is 0.751. The maximum Gasteiger partial charge on any atom is 0.335 e. The minimum atomic E-state index is -0.987. The fourth-order valence-electron chi connectivity index (χ4n) is 2.17. The predicted molar refractivity (Wildman–Crippen MR) is 90.0 cm³/mol. The maximum atomic E-state index is 12.0. The Morgan fingerprint density at radius 3 is 2.52 bits per heavy atom. The van der Waals surface area contributed by atoms with Crippen LogP contribution in [0.15, 0.2) is 48.5 Å². The zero-order valence-electron chi connectivity index (χ0n) is 12.2. The molecule has 2 aromatic carbocycles. The molecule has 0 fully saturated rings. The second kappa shape index (κ2) is 6.58. The number of hydrogen-bond donors (Lipinski definition) is 2. The minimum Gasteiger partial charge on any atom is -0.478 e. The number of rotatable bonds is 5. The maximum absolute atomic E-state index is 12.0. The number of aryl methyl sites for hydroxylation is 1. The summed E-state index contributed by atoms with van der Waals surface area (Å²) < 4.78 is 1.12. The highest BCUT2D eigenvalue weighted by Crippen LogP contribution is 2.22. The largest absolute Gasteiger partial charge is 0.478 e. The molecule has 0 unspecified atom stereocenters. The van der Waals surface area contributed by atoms with E-state index in [2.05, 4.69) is 10.3 Å². The summed E-state index contributed by atoms with van der Waals surface area (Å²) in [5.41, 5.74) is 1.74. The van der Waals surface area contributed by atoms with Gasteiger partial charge in [0.2, 0.25) is 5.91 Å². The molecule has 0 aliphatic heterocycles. The smallest absolute Gasteiger partial charge is 0.335 e. The van der Waals surface area contributed by atoms with Gasteiger partial charge in [-0.15, -0.1) is 11.3 Å². The molecule has 0 bridgehead atoms. The normalized spacial score (nSPS) is 10.6. The number of carbonyl (C=O) groups is 2. The molecule has 0 spiro atoms. The van der Waals surface area contributed by atoms with Gasteiger partial charge in [-0.05, 0) is 36.4 Å². The number of nitrogens with zero attached hydrogens (tertiary/aromatic N) is 1. The van der Waals surface area contributed by atoms with E-state index in [1.807, 2.05) is 24.3 Å². The third-order valence-electron chi connectivity index (χ3n) is 3.32. The molecule has 0 radical (unpaired) electrons. The van der Waals surface area contributed by atoms with E-state index in [-0.39, 0.29) is 11.5 Å². The first kappa shape index (κ1) is 15.2. The zero-order valence-corrected chi connectivity index (χ0v) is 13.0. The van der Waals surface area contributed by atoms with Crippen LogP contribution in [-0.4, -0.2) is 22.0 Å². The van der Waals surface area contributed by atoms with Crippen LogP contribution in [0.2, 0.25) is 0 Å². The molecule has 6 heteroatoms. The van der Waals surface area contributed by atoms with Crippen molar-refractivity contribution in [2.45, 2.75) is 12.8 Å². The Labute approximate surface area is 136 Å². The average molecular weight is 326 g/mol. The number of fused-ring (bicyclic) bond motifs is 1. The van der Waals surface area contributed by atoms with E-state index in [1.165, 1.54) is 12.1 Å². The number of hydrogen-bond acceptors (Lipinski definition) is 4. The van der Waals surface area contributed by atoms with E-state index in [4.69, 9.17) is 5.11 Å². The van der Waals surface area contributed by atoms with Crippen LogP contribution in [0.3, 0.4) is 0 Å². The van der Waals surface area contributed by atoms with Crippen LogP contribution in [0, 0.1) is 0 Å². The molecule has 3 aromatic rings. The standard InChI is InChI=1S/C17H14N2O3S/c20-15(18-12-7-5-11(6-8-12)17(21)22)9-10-16-19-13-3-1-2-4-14(13)23-16/h1-8H,9-10H2,(H,18,20)(H,21,22). The van der Waals surface area contributed by atoms with Gasteiger partial charge in [0.15, 0.2) is 0 Å². The number of carbonyl (C=O) groups excluding carboxylic acids is 1. The van der Waals surface area contributed by atoms with Crippen molar-refractivity contribution >= 4 is 39.1 Å². The van der Waals surface area contributed by atoms with Crippen LogP contribution >= 0.6 is 11.3 Å². The van der Waals surface area contributed by atoms with Gasteiger partial charge in [0.05, 0.1) is 20.8 Å². The second-order valence-electron chi connectivity index (χ2n) is 5.01. The Hall–Kier alpha value is -2.73. The molecular weight excluding hydrogens is 312 g/mol. The highest BCUT2D eigenvalue weighted by atomic mass is 32.1. The van der Waals surface area contributed by atoms with Gasteiger partial charge in [-0.2, -0.15) is 0 Å². The Kier molecular flexibility index (Phi) is 4.34. The van der Waals surface area contributed by atoms with Gasteiger partial charge >= 0.3 is 5.97 Å². The van der Waals surface area contributed by atoms with Crippen molar-refractivity contribution in [2.75, 3.05) is 5.32 Å². The van der Waals surface area contributed by atoms with Gasteiger partial charge in [0, 0.05) is 18.5 Å². The van der Waals surface area contributed by atoms with E-state index >= 15 is 0 Å². The van der Waals surface area contributed by atoms with Crippen molar-refractivity contribution in [1.82, 2.24) is 4.98 Å². The zero-order chi connectivity index (χ0) is 16.2. The fraction of sp³-hybridized carbons (Fsp3) is 0.118. The summed E-state index contributed by atoms with van der Waals surface area (Å²) >= 11 is 1.59. The topological polar surface area (TPSA) is 79.3 Å². The molecule has 0 saturated carbocycles. The lowest BCUT2D eigenvalue weighted by molar-refractivity contribution is -0.116.